The number of nitrogens with one attached hydrogen (secondary N) is 1. The van der Waals surface area contributed by atoms with Gasteiger partial charge in [0.1, 0.15) is 6.67 Å². The lowest BCUT2D eigenvalue weighted by Crippen LogP contribution is -2.47. The van der Waals surface area contributed by atoms with E-state index in [9.17, 15) is 4.39 Å². The van der Waals surface area contributed by atoms with Crippen LogP contribution in [0.25, 0.3) is 0 Å². The van der Waals surface area contributed by atoms with Gasteiger partial charge in [0, 0.05) is 49.8 Å². The first-order valence-electron chi connectivity index (χ1n) is 8.61. The molecule has 5 nitrogen and oxygen atoms in total. The Morgan fingerprint density at radius 3 is 2.92 bits per heavy atom. The summed E-state index contributed by atoms with van der Waals surface area (Å²) in [6, 6.07) is 7.94. The van der Waals surface area contributed by atoms with Gasteiger partial charge in [-0.2, -0.15) is 0 Å². The fourth-order valence-corrected chi connectivity index (χ4v) is 3.42. The zero-order valence-electron chi connectivity index (χ0n) is 14.3. The van der Waals surface area contributed by atoms with Gasteiger partial charge in [-0.05, 0) is 30.7 Å². The second-order valence-electron chi connectivity index (χ2n) is 6.62. The Bertz CT molecular complexity index is 774. The van der Waals surface area contributed by atoms with E-state index in [1.165, 1.54) is 11.3 Å². The molecule has 0 amide bonds. The van der Waals surface area contributed by atoms with Gasteiger partial charge in [0.2, 0.25) is 0 Å². The lowest BCUT2D eigenvalue weighted by Gasteiger charge is -2.35. The van der Waals surface area contributed by atoms with Crippen molar-refractivity contribution >= 4 is 0 Å². The standard InChI is InChI=1S/C19H22FN5/c1-14-3-2-6-21-19(14)18-9-17-13-24(7-8-25(17)23-18)12-16-5-4-15(10-20)11-22-16/h2-6,9,11,18,23H,7-8,10,12-13H2,1H3. The van der Waals surface area contributed by atoms with Crippen LogP contribution in [-0.4, -0.2) is 39.5 Å². The third kappa shape index (κ3) is 3.41. The van der Waals surface area contributed by atoms with Gasteiger partial charge < -0.3 is 5.01 Å². The SMILES string of the molecule is Cc1cccnc1C1C=C2CN(Cc3ccc(CF)cn3)CCN2N1. The first kappa shape index (κ1) is 16.2. The number of nitrogens with zero attached hydrogens (tertiary/aromatic N) is 4. The van der Waals surface area contributed by atoms with E-state index in [0.29, 0.717) is 5.56 Å². The number of fused-ring (bicyclic) bond motifs is 1. The minimum atomic E-state index is -0.459. The van der Waals surface area contributed by atoms with E-state index < -0.39 is 6.67 Å². The highest BCUT2D eigenvalue weighted by Gasteiger charge is 2.30. The first-order chi connectivity index (χ1) is 12.2. The summed E-state index contributed by atoms with van der Waals surface area (Å²) in [5, 5.41) is 2.23. The molecular weight excluding hydrogens is 317 g/mol. The normalized spacial score (nSPS) is 20.5. The van der Waals surface area contributed by atoms with E-state index in [0.717, 1.165) is 37.6 Å². The van der Waals surface area contributed by atoms with Crippen LogP contribution >= 0.6 is 0 Å². The van der Waals surface area contributed by atoms with Crippen LogP contribution < -0.4 is 5.43 Å². The van der Waals surface area contributed by atoms with Crippen LogP contribution in [0, 0.1) is 6.92 Å². The Labute approximate surface area is 147 Å². The van der Waals surface area contributed by atoms with Crippen molar-refractivity contribution in [3.8, 4) is 0 Å². The maximum atomic E-state index is 12.6. The molecule has 0 aromatic carbocycles. The van der Waals surface area contributed by atoms with Gasteiger partial charge >= 0.3 is 0 Å². The number of hydrogen-bond acceptors (Lipinski definition) is 5. The topological polar surface area (TPSA) is 44.3 Å². The highest BCUT2D eigenvalue weighted by Crippen LogP contribution is 2.27. The molecular formula is C19H22FN5. The Morgan fingerprint density at radius 2 is 2.16 bits per heavy atom. The summed E-state index contributed by atoms with van der Waals surface area (Å²) in [4.78, 5) is 11.3. The summed E-state index contributed by atoms with van der Waals surface area (Å²) in [5.74, 6) is 0. The van der Waals surface area contributed by atoms with Gasteiger partial charge in [0.25, 0.3) is 0 Å². The minimum Gasteiger partial charge on any atom is -0.309 e. The predicted molar refractivity (Wildman–Crippen MR) is 94.0 cm³/mol. The first-order valence-corrected chi connectivity index (χ1v) is 8.61. The van der Waals surface area contributed by atoms with Gasteiger partial charge in [0.05, 0.1) is 17.4 Å². The lowest BCUT2D eigenvalue weighted by molar-refractivity contribution is 0.138. The number of alkyl halides is 1. The molecule has 0 aliphatic carbocycles. The fraction of sp³-hybridized carbons (Fsp3) is 0.368. The summed E-state index contributed by atoms with van der Waals surface area (Å²) in [7, 11) is 0. The molecule has 0 radical (unpaired) electrons. The average molecular weight is 339 g/mol. The number of aromatic nitrogens is 2. The molecule has 0 bridgehead atoms. The van der Waals surface area contributed by atoms with Crippen LogP contribution in [0.4, 0.5) is 4.39 Å². The summed E-state index contributed by atoms with van der Waals surface area (Å²) in [6.45, 7) is 5.19. The minimum absolute atomic E-state index is 0.137. The van der Waals surface area contributed by atoms with Crippen molar-refractivity contribution in [1.82, 2.24) is 25.3 Å². The number of aryl methyl sites for hydroxylation is 1. The number of rotatable bonds is 4. The van der Waals surface area contributed by atoms with Gasteiger partial charge in [-0.1, -0.05) is 12.1 Å². The van der Waals surface area contributed by atoms with E-state index in [1.54, 1.807) is 6.20 Å². The number of piperazine rings is 1. The Kier molecular flexibility index (Phi) is 4.46. The van der Waals surface area contributed by atoms with Crippen molar-refractivity contribution in [2.24, 2.45) is 0 Å². The van der Waals surface area contributed by atoms with Gasteiger partial charge in [-0.3, -0.25) is 14.9 Å². The third-order valence-electron chi connectivity index (χ3n) is 4.80. The Morgan fingerprint density at radius 1 is 1.24 bits per heavy atom. The van der Waals surface area contributed by atoms with Crippen LogP contribution in [0.15, 0.2) is 48.4 Å². The molecule has 1 saturated heterocycles. The molecule has 6 heteroatoms. The zero-order valence-corrected chi connectivity index (χ0v) is 14.3. The smallest absolute Gasteiger partial charge is 0.116 e. The zero-order chi connectivity index (χ0) is 17.2. The molecule has 2 aliphatic rings. The van der Waals surface area contributed by atoms with Gasteiger partial charge in [0.15, 0.2) is 0 Å². The lowest BCUT2D eigenvalue weighted by atomic mass is 10.1. The van der Waals surface area contributed by atoms with Crippen molar-refractivity contribution in [3.63, 3.8) is 0 Å². The highest BCUT2D eigenvalue weighted by molar-refractivity contribution is 5.29. The van der Waals surface area contributed by atoms with E-state index in [1.807, 2.05) is 24.4 Å². The van der Waals surface area contributed by atoms with Crippen LogP contribution in [-0.2, 0) is 13.2 Å². The van der Waals surface area contributed by atoms with Crippen molar-refractivity contribution < 1.29 is 4.39 Å². The van der Waals surface area contributed by atoms with Gasteiger partial charge in [-0.25, -0.2) is 9.82 Å². The molecule has 4 rings (SSSR count). The molecule has 1 atom stereocenters. The fourth-order valence-electron chi connectivity index (χ4n) is 3.42. The third-order valence-corrected chi connectivity index (χ3v) is 4.80. The second-order valence-corrected chi connectivity index (χ2v) is 6.62. The maximum Gasteiger partial charge on any atom is 0.116 e. The predicted octanol–water partition coefficient (Wildman–Crippen LogP) is 2.52. The molecule has 2 aromatic rings. The highest BCUT2D eigenvalue weighted by atomic mass is 19.1. The van der Waals surface area contributed by atoms with Crippen LogP contribution in [0.3, 0.4) is 0 Å². The molecule has 2 aromatic heterocycles. The molecule has 1 N–H and O–H groups in total. The van der Waals surface area contributed by atoms with E-state index in [4.69, 9.17) is 0 Å². The maximum absolute atomic E-state index is 12.6. The molecule has 0 spiro atoms. The van der Waals surface area contributed by atoms with Gasteiger partial charge in [-0.15, -0.1) is 0 Å². The summed E-state index contributed by atoms with van der Waals surface area (Å²) >= 11 is 0. The summed E-state index contributed by atoms with van der Waals surface area (Å²) in [6.07, 6.45) is 5.74. The quantitative estimate of drug-likeness (QED) is 0.927. The monoisotopic (exact) mass is 339 g/mol. The molecule has 130 valence electrons. The Balaban J connectivity index is 1.44. The number of pyridine rings is 2. The number of halogens is 1. The van der Waals surface area contributed by atoms with E-state index >= 15 is 0 Å². The molecule has 0 saturated carbocycles. The second kappa shape index (κ2) is 6.90. The largest absolute Gasteiger partial charge is 0.309 e. The van der Waals surface area contributed by atoms with Crippen molar-refractivity contribution in [2.75, 3.05) is 19.6 Å². The average Bonchev–Trinajstić information content (AvgIpc) is 3.06. The number of hydrazine groups is 1. The van der Waals surface area contributed by atoms with Crippen molar-refractivity contribution in [1.29, 1.82) is 0 Å². The van der Waals surface area contributed by atoms with Crippen molar-refractivity contribution in [2.45, 2.75) is 26.2 Å². The van der Waals surface area contributed by atoms with Crippen LogP contribution in [0.2, 0.25) is 0 Å². The molecule has 2 aliphatic heterocycles. The Hall–Kier alpha value is -2.31. The van der Waals surface area contributed by atoms with Crippen LogP contribution in [0.1, 0.15) is 28.6 Å². The number of hydrogen-bond donors (Lipinski definition) is 1. The molecule has 25 heavy (non-hydrogen) atoms. The van der Waals surface area contributed by atoms with Crippen LogP contribution in [0.5, 0.6) is 0 Å². The summed E-state index contributed by atoms with van der Waals surface area (Å²) in [5.41, 5.74) is 8.72. The molecule has 4 heterocycles. The summed E-state index contributed by atoms with van der Waals surface area (Å²) < 4.78 is 12.6. The van der Waals surface area contributed by atoms with E-state index in [2.05, 4.69) is 44.4 Å². The molecule has 1 unspecified atom stereocenters. The van der Waals surface area contributed by atoms with Crippen molar-refractivity contribution in [3.05, 3.63) is 70.9 Å². The van der Waals surface area contributed by atoms with E-state index in [-0.39, 0.29) is 6.04 Å². The molecule has 1 fully saturated rings.